The van der Waals surface area contributed by atoms with Crippen molar-refractivity contribution >= 4 is 22.5 Å². The highest BCUT2D eigenvalue weighted by atomic mass is 19.4. The van der Waals surface area contributed by atoms with Crippen molar-refractivity contribution in [1.82, 2.24) is 9.47 Å². The van der Waals surface area contributed by atoms with Gasteiger partial charge in [0.25, 0.3) is 0 Å². The van der Waals surface area contributed by atoms with E-state index in [-0.39, 0.29) is 24.1 Å². The fraction of sp³-hybridized carbons (Fsp3) is 0.300. The first kappa shape index (κ1) is 25.8. The third-order valence-electron chi connectivity index (χ3n) is 7.34. The van der Waals surface area contributed by atoms with Crippen LogP contribution >= 0.6 is 0 Å². The fourth-order valence-corrected chi connectivity index (χ4v) is 5.34. The lowest BCUT2D eigenvalue weighted by atomic mass is 9.87. The second-order valence-corrected chi connectivity index (χ2v) is 9.62. The van der Waals surface area contributed by atoms with Crippen molar-refractivity contribution in [3.63, 3.8) is 0 Å². The van der Waals surface area contributed by atoms with E-state index in [0.29, 0.717) is 31.9 Å². The van der Waals surface area contributed by atoms with Gasteiger partial charge in [0.15, 0.2) is 0 Å². The summed E-state index contributed by atoms with van der Waals surface area (Å²) in [5.74, 6) is -0.748. The SMILES string of the molecule is CCn1cc(C(CC(=O)N2CCN(c3cccc(C(F)(F)F)c3)CC2)c2cccc(F)c2)c2ccccc21. The summed E-state index contributed by atoms with van der Waals surface area (Å²) in [4.78, 5) is 17.2. The molecule has 0 radical (unpaired) electrons. The fourth-order valence-electron chi connectivity index (χ4n) is 5.34. The number of nitrogens with zero attached hydrogens (tertiary/aromatic N) is 3. The summed E-state index contributed by atoms with van der Waals surface area (Å²) in [5.41, 5.74) is 2.59. The summed E-state index contributed by atoms with van der Waals surface area (Å²) < 4.78 is 55.8. The number of aromatic nitrogens is 1. The number of piperazine rings is 1. The molecule has 3 aromatic carbocycles. The Morgan fingerprint density at radius 2 is 1.66 bits per heavy atom. The number of hydrogen-bond acceptors (Lipinski definition) is 2. The molecule has 5 rings (SSSR count). The highest BCUT2D eigenvalue weighted by molar-refractivity contribution is 5.86. The maximum Gasteiger partial charge on any atom is 0.416 e. The van der Waals surface area contributed by atoms with Crippen LogP contribution in [0.25, 0.3) is 10.9 Å². The Morgan fingerprint density at radius 1 is 0.921 bits per heavy atom. The second kappa shape index (κ2) is 10.5. The maximum atomic E-state index is 14.3. The summed E-state index contributed by atoms with van der Waals surface area (Å²) in [5, 5.41) is 1.03. The first-order chi connectivity index (χ1) is 18.2. The van der Waals surface area contributed by atoms with Crippen molar-refractivity contribution in [2.75, 3.05) is 31.1 Å². The zero-order valence-corrected chi connectivity index (χ0v) is 21.1. The van der Waals surface area contributed by atoms with Crippen LogP contribution in [0.4, 0.5) is 23.2 Å². The Kier molecular flexibility index (Phi) is 7.15. The number of halogens is 4. The minimum Gasteiger partial charge on any atom is -0.368 e. The van der Waals surface area contributed by atoms with Crippen LogP contribution < -0.4 is 4.90 Å². The number of para-hydroxylation sites is 1. The van der Waals surface area contributed by atoms with E-state index in [9.17, 15) is 22.4 Å². The van der Waals surface area contributed by atoms with E-state index in [1.165, 1.54) is 18.2 Å². The first-order valence-corrected chi connectivity index (χ1v) is 12.8. The van der Waals surface area contributed by atoms with Crippen LogP contribution in [0.2, 0.25) is 0 Å². The maximum absolute atomic E-state index is 14.3. The van der Waals surface area contributed by atoms with Crippen molar-refractivity contribution in [1.29, 1.82) is 0 Å². The van der Waals surface area contributed by atoms with Crippen LogP contribution in [0.15, 0.2) is 79.0 Å². The molecule has 2 heterocycles. The van der Waals surface area contributed by atoms with Gasteiger partial charge in [-0.3, -0.25) is 4.79 Å². The van der Waals surface area contributed by atoms with Crippen molar-refractivity contribution in [3.8, 4) is 0 Å². The standard InChI is InChI=1S/C30H29F4N3O/c1-2-35-20-27(25-11-3-4-12-28(25)35)26(21-7-5-9-23(31)17-21)19-29(38)37-15-13-36(14-16-37)24-10-6-8-22(18-24)30(32,33)34/h3-12,17-18,20,26H,2,13-16,19H2,1H3. The van der Waals surface area contributed by atoms with E-state index >= 15 is 0 Å². The number of amides is 1. The average Bonchev–Trinajstić information content (AvgIpc) is 3.30. The highest BCUT2D eigenvalue weighted by Gasteiger charge is 2.32. The summed E-state index contributed by atoms with van der Waals surface area (Å²) in [6.07, 6.45) is -2.18. The molecule has 1 unspecified atom stereocenters. The highest BCUT2D eigenvalue weighted by Crippen LogP contribution is 2.36. The van der Waals surface area contributed by atoms with Crippen LogP contribution in [-0.2, 0) is 17.5 Å². The lowest BCUT2D eigenvalue weighted by Gasteiger charge is -2.37. The molecule has 8 heteroatoms. The molecule has 4 nitrogen and oxygen atoms in total. The zero-order chi connectivity index (χ0) is 26.9. The number of fused-ring (bicyclic) bond motifs is 1. The first-order valence-electron chi connectivity index (χ1n) is 12.8. The van der Waals surface area contributed by atoms with Gasteiger partial charge in [0, 0.05) is 67.8 Å². The molecule has 1 aliphatic rings. The molecular formula is C30H29F4N3O. The molecule has 4 aromatic rings. The molecule has 1 atom stereocenters. The third-order valence-corrected chi connectivity index (χ3v) is 7.34. The van der Waals surface area contributed by atoms with Crippen molar-refractivity contribution < 1.29 is 22.4 Å². The Balaban J connectivity index is 1.37. The molecule has 0 N–H and O–H groups in total. The molecule has 0 spiro atoms. The molecule has 1 fully saturated rings. The molecule has 38 heavy (non-hydrogen) atoms. The van der Waals surface area contributed by atoms with Crippen molar-refractivity contribution in [2.24, 2.45) is 0 Å². The minimum atomic E-state index is -4.40. The smallest absolute Gasteiger partial charge is 0.368 e. The number of carbonyl (C=O) groups is 1. The predicted octanol–water partition coefficient (Wildman–Crippen LogP) is 6.69. The Hall–Kier alpha value is -3.81. The lowest BCUT2D eigenvalue weighted by Crippen LogP contribution is -2.49. The van der Waals surface area contributed by atoms with Crippen LogP contribution in [0.3, 0.4) is 0 Å². The number of carbonyl (C=O) groups excluding carboxylic acids is 1. The van der Waals surface area contributed by atoms with Gasteiger partial charge in [0.1, 0.15) is 5.82 Å². The summed E-state index contributed by atoms with van der Waals surface area (Å²) >= 11 is 0. The normalized spacial score (nSPS) is 15.2. The molecule has 0 saturated carbocycles. The Bertz CT molecular complexity index is 1440. The molecule has 0 aliphatic carbocycles. The largest absolute Gasteiger partial charge is 0.416 e. The lowest BCUT2D eigenvalue weighted by molar-refractivity contribution is -0.137. The van der Waals surface area contributed by atoms with Gasteiger partial charge in [-0.1, -0.05) is 36.4 Å². The van der Waals surface area contributed by atoms with Gasteiger partial charge in [0.2, 0.25) is 5.91 Å². The molecule has 1 saturated heterocycles. The monoisotopic (exact) mass is 523 g/mol. The van der Waals surface area contributed by atoms with Gasteiger partial charge in [-0.2, -0.15) is 13.2 Å². The van der Waals surface area contributed by atoms with Crippen molar-refractivity contribution in [3.05, 3.63) is 102 Å². The van der Waals surface area contributed by atoms with Crippen LogP contribution in [0, 0.1) is 5.82 Å². The van der Waals surface area contributed by atoms with Gasteiger partial charge in [-0.25, -0.2) is 4.39 Å². The van der Waals surface area contributed by atoms with E-state index in [0.717, 1.165) is 40.7 Å². The van der Waals surface area contributed by atoms with E-state index < -0.39 is 11.7 Å². The Morgan fingerprint density at radius 3 is 2.37 bits per heavy atom. The van der Waals surface area contributed by atoms with Gasteiger partial charge < -0.3 is 14.4 Å². The summed E-state index contributed by atoms with van der Waals surface area (Å²) in [7, 11) is 0. The number of alkyl halides is 3. The van der Waals surface area contributed by atoms with E-state index in [1.807, 2.05) is 35.2 Å². The van der Waals surface area contributed by atoms with E-state index in [2.05, 4.69) is 17.7 Å². The molecule has 1 amide bonds. The van der Waals surface area contributed by atoms with E-state index in [1.54, 1.807) is 17.0 Å². The number of hydrogen-bond donors (Lipinski definition) is 0. The number of rotatable bonds is 6. The Labute approximate surface area is 219 Å². The van der Waals surface area contributed by atoms with Crippen LogP contribution in [0.5, 0.6) is 0 Å². The second-order valence-electron chi connectivity index (χ2n) is 9.62. The molecular weight excluding hydrogens is 494 g/mol. The topological polar surface area (TPSA) is 28.5 Å². The zero-order valence-electron chi connectivity index (χ0n) is 21.1. The van der Waals surface area contributed by atoms with Crippen molar-refractivity contribution in [2.45, 2.75) is 32.0 Å². The number of benzene rings is 3. The number of aryl methyl sites for hydroxylation is 1. The van der Waals surface area contributed by atoms with Crippen LogP contribution in [0.1, 0.15) is 36.0 Å². The van der Waals surface area contributed by atoms with Gasteiger partial charge in [-0.15, -0.1) is 0 Å². The van der Waals surface area contributed by atoms with Gasteiger partial charge in [-0.05, 0) is 54.4 Å². The van der Waals surface area contributed by atoms with Crippen LogP contribution in [-0.4, -0.2) is 41.6 Å². The van der Waals surface area contributed by atoms with E-state index in [4.69, 9.17) is 0 Å². The predicted molar refractivity (Wildman–Crippen MR) is 141 cm³/mol. The molecule has 1 aliphatic heterocycles. The summed E-state index contributed by atoms with van der Waals surface area (Å²) in [6.45, 7) is 4.51. The molecule has 198 valence electrons. The van der Waals surface area contributed by atoms with Gasteiger partial charge in [0.05, 0.1) is 5.56 Å². The third kappa shape index (κ3) is 5.26. The number of anilines is 1. The van der Waals surface area contributed by atoms with Gasteiger partial charge >= 0.3 is 6.18 Å². The average molecular weight is 524 g/mol. The molecule has 0 bridgehead atoms. The molecule has 1 aromatic heterocycles. The minimum absolute atomic E-state index is 0.0590. The quantitative estimate of drug-likeness (QED) is 0.264. The summed E-state index contributed by atoms with van der Waals surface area (Å²) in [6, 6.07) is 19.7.